The Kier molecular flexibility index (Phi) is 5.35. The summed E-state index contributed by atoms with van der Waals surface area (Å²) in [6.07, 6.45) is 0. The van der Waals surface area contributed by atoms with Gasteiger partial charge in [-0.1, -0.05) is 36.9 Å². The van der Waals surface area contributed by atoms with Crippen molar-refractivity contribution in [3.8, 4) is 5.75 Å². The normalized spacial score (nSPS) is 19.2. The summed E-state index contributed by atoms with van der Waals surface area (Å²) in [7, 11) is 0. The number of anilines is 1. The van der Waals surface area contributed by atoms with Gasteiger partial charge in [0.15, 0.2) is 0 Å². The summed E-state index contributed by atoms with van der Waals surface area (Å²) in [5.74, 6) is -1.18. The van der Waals surface area contributed by atoms with Crippen LogP contribution in [0.5, 0.6) is 5.75 Å². The fraction of sp³-hybridized carbons (Fsp3) is 0.158. The topological polar surface area (TPSA) is 79.5 Å². The molecule has 0 radical (unpaired) electrons. The van der Waals surface area contributed by atoms with E-state index >= 15 is 0 Å². The third-order valence-electron chi connectivity index (χ3n) is 4.06. The molecule has 0 aliphatic carbocycles. The Morgan fingerprint density at radius 2 is 1.78 bits per heavy atom. The highest BCUT2D eigenvalue weighted by Gasteiger charge is 2.37. The van der Waals surface area contributed by atoms with E-state index in [9.17, 15) is 18.4 Å². The number of hydrogen-bond acceptors (Lipinski definition) is 3. The average molecular weight is 373 g/mol. The Labute approximate surface area is 154 Å². The molecule has 8 heteroatoms. The number of para-hydroxylation sites is 1. The quantitative estimate of drug-likeness (QED) is 0.751. The minimum absolute atomic E-state index is 0.0156. The van der Waals surface area contributed by atoms with E-state index in [0.717, 1.165) is 0 Å². The molecule has 0 aromatic heterocycles. The summed E-state index contributed by atoms with van der Waals surface area (Å²) >= 11 is 0. The zero-order valence-electron chi connectivity index (χ0n) is 14.1. The largest absolute Gasteiger partial charge is 0.435 e. The summed E-state index contributed by atoms with van der Waals surface area (Å²) in [6.45, 7) is 0.853. The first kappa shape index (κ1) is 18.4. The third-order valence-corrected chi connectivity index (χ3v) is 4.06. The fourth-order valence-electron chi connectivity index (χ4n) is 2.87. The molecule has 3 N–H and O–H groups in total. The number of carbonyl (C=O) groups excluding carboxylic acids is 2. The van der Waals surface area contributed by atoms with Crippen molar-refractivity contribution < 1.29 is 23.1 Å². The molecule has 0 saturated carbocycles. The lowest BCUT2D eigenvalue weighted by Crippen LogP contribution is -2.51. The zero-order chi connectivity index (χ0) is 19.4. The summed E-state index contributed by atoms with van der Waals surface area (Å²) in [5, 5.41) is 7.96. The number of rotatable bonds is 5. The van der Waals surface area contributed by atoms with Crippen molar-refractivity contribution in [3.05, 3.63) is 72.4 Å². The molecule has 3 amide bonds. The lowest BCUT2D eigenvalue weighted by Gasteiger charge is -2.34. The van der Waals surface area contributed by atoms with Crippen LogP contribution in [-0.4, -0.2) is 18.5 Å². The van der Waals surface area contributed by atoms with Crippen molar-refractivity contribution >= 4 is 17.6 Å². The SMILES string of the molecule is C=C1NC(=O)N[C@@H](c2ccc(OC(F)F)cc2)[C@@H]1C(=O)Nc1ccccc1. The van der Waals surface area contributed by atoms with Gasteiger partial charge in [-0.25, -0.2) is 4.79 Å². The van der Waals surface area contributed by atoms with Gasteiger partial charge in [-0.2, -0.15) is 8.78 Å². The lowest BCUT2D eigenvalue weighted by molar-refractivity contribution is -0.119. The molecule has 1 aliphatic heterocycles. The van der Waals surface area contributed by atoms with Crippen LogP contribution in [0.4, 0.5) is 19.3 Å². The summed E-state index contributed by atoms with van der Waals surface area (Å²) in [6, 6.07) is 13.4. The summed E-state index contributed by atoms with van der Waals surface area (Å²) in [5.41, 5.74) is 1.40. The van der Waals surface area contributed by atoms with Crippen molar-refractivity contribution in [2.24, 2.45) is 5.92 Å². The molecular formula is C19H17F2N3O3. The van der Waals surface area contributed by atoms with Gasteiger partial charge in [-0.15, -0.1) is 0 Å². The molecule has 6 nitrogen and oxygen atoms in total. The predicted molar refractivity (Wildman–Crippen MR) is 95.2 cm³/mol. The van der Waals surface area contributed by atoms with E-state index in [1.54, 1.807) is 24.3 Å². The van der Waals surface area contributed by atoms with Crippen molar-refractivity contribution in [2.75, 3.05) is 5.32 Å². The maximum absolute atomic E-state index is 12.8. The van der Waals surface area contributed by atoms with Crippen LogP contribution in [0.2, 0.25) is 0 Å². The molecule has 0 bridgehead atoms. The Hall–Kier alpha value is -3.42. The number of halogens is 2. The van der Waals surface area contributed by atoms with Crippen LogP contribution in [0, 0.1) is 5.92 Å². The van der Waals surface area contributed by atoms with Crippen LogP contribution in [0.1, 0.15) is 11.6 Å². The van der Waals surface area contributed by atoms with E-state index in [2.05, 4.69) is 27.3 Å². The van der Waals surface area contributed by atoms with Gasteiger partial charge >= 0.3 is 12.6 Å². The summed E-state index contributed by atoms with van der Waals surface area (Å²) in [4.78, 5) is 24.7. The molecule has 27 heavy (non-hydrogen) atoms. The first-order valence-corrected chi connectivity index (χ1v) is 8.11. The van der Waals surface area contributed by atoms with Gasteiger partial charge in [-0.05, 0) is 29.8 Å². The highest BCUT2D eigenvalue weighted by Crippen LogP contribution is 2.31. The highest BCUT2D eigenvalue weighted by molar-refractivity contribution is 5.97. The van der Waals surface area contributed by atoms with Gasteiger partial charge < -0.3 is 20.7 Å². The van der Waals surface area contributed by atoms with E-state index in [4.69, 9.17) is 0 Å². The first-order valence-electron chi connectivity index (χ1n) is 8.11. The number of carbonyl (C=O) groups is 2. The zero-order valence-corrected chi connectivity index (χ0v) is 14.1. The molecule has 2 aromatic carbocycles. The van der Waals surface area contributed by atoms with Crippen LogP contribution < -0.4 is 20.7 Å². The predicted octanol–water partition coefficient (Wildman–Crippen LogP) is 3.41. The molecule has 140 valence electrons. The van der Waals surface area contributed by atoms with E-state index < -0.39 is 24.6 Å². The van der Waals surface area contributed by atoms with Gasteiger partial charge in [0.1, 0.15) is 11.7 Å². The Balaban J connectivity index is 1.84. The van der Waals surface area contributed by atoms with Crippen LogP contribution >= 0.6 is 0 Å². The molecule has 2 aromatic rings. The van der Waals surface area contributed by atoms with Gasteiger partial charge in [0.2, 0.25) is 5.91 Å². The van der Waals surface area contributed by atoms with Crippen LogP contribution in [0.15, 0.2) is 66.9 Å². The molecule has 1 aliphatic rings. The van der Waals surface area contributed by atoms with E-state index in [1.807, 2.05) is 6.07 Å². The number of benzene rings is 2. The maximum atomic E-state index is 12.8. The van der Waals surface area contributed by atoms with Gasteiger partial charge in [0, 0.05) is 11.4 Å². The van der Waals surface area contributed by atoms with Crippen molar-refractivity contribution in [1.82, 2.24) is 10.6 Å². The molecule has 1 saturated heterocycles. The van der Waals surface area contributed by atoms with Gasteiger partial charge in [0.25, 0.3) is 0 Å². The number of hydrogen-bond donors (Lipinski definition) is 3. The number of ether oxygens (including phenoxy) is 1. The number of nitrogens with one attached hydrogen (secondary N) is 3. The minimum Gasteiger partial charge on any atom is -0.435 e. The summed E-state index contributed by atoms with van der Waals surface area (Å²) < 4.78 is 28.9. The van der Waals surface area contributed by atoms with Crippen LogP contribution in [0.25, 0.3) is 0 Å². The van der Waals surface area contributed by atoms with E-state index in [-0.39, 0.29) is 17.4 Å². The van der Waals surface area contributed by atoms with Crippen LogP contribution in [-0.2, 0) is 4.79 Å². The van der Waals surface area contributed by atoms with Crippen LogP contribution in [0.3, 0.4) is 0 Å². The Bertz CT molecular complexity index is 841. The molecule has 0 spiro atoms. The molecular weight excluding hydrogens is 356 g/mol. The minimum atomic E-state index is -2.93. The molecule has 1 fully saturated rings. The first-order chi connectivity index (χ1) is 12.9. The van der Waals surface area contributed by atoms with E-state index in [1.165, 1.54) is 24.3 Å². The standard InChI is InChI=1S/C19H17F2N3O3/c1-11-15(17(25)23-13-5-3-2-4-6-13)16(24-19(26)22-11)12-7-9-14(10-8-12)27-18(20)21/h2-10,15-16,18H,1H2,(H,23,25)(H2,22,24,26)/t15-,16+/m1/s1. The molecule has 2 atom stereocenters. The van der Waals surface area contributed by atoms with E-state index in [0.29, 0.717) is 11.3 Å². The molecule has 3 rings (SSSR count). The smallest absolute Gasteiger partial charge is 0.387 e. The number of amides is 3. The molecule has 0 unspecified atom stereocenters. The highest BCUT2D eigenvalue weighted by atomic mass is 19.3. The average Bonchev–Trinajstić information content (AvgIpc) is 2.62. The lowest BCUT2D eigenvalue weighted by atomic mass is 9.88. The second-order valence-corrected chi connectivity index (χ2v) is 5.88. The van der Waals surface area contributed by atoms with Gasteiger partial charge in [0.05, 0.1) is 6.04 Å². The van der Waals surface area contributed by atoms with Crippen molar-refractivity contribution in [1.29, 1.82) is 0 Å². The number of urea groups is 1. The third kappa shape index (κ3) is 4.41. The second-order valence-electron chi connectivity index (χ2n) is 5.88. The maximum Gasteiger partial charge on any atom is 0.387 e. The Morgan fingerprint density at radius 1 is 1.11 bits per heavy atom. The van der Waals surface area contributed by atoms with Crippen molar-refractivity contribution in [2.45, 2.75) is 12.7 Å². The number of alkyl halides is 2. The molecule has 1 heterocycles. The van der Waals surface area contributed by atoms with Crippen molar-refractivity contribution in [3.63, 3.8) is 0 Å². The van der Waals surface area contributed by atoms with Gasteiger partial charge in [-0.3, -0.25) is 4.79 Å². The Morgan fingerprint density at radius 3 is 2.41 bits per heavy atom. The fourth-order valence-corrected chi connectivity index (χ4v) is 2.87. The second kappa shape index (κ2) is 7.86. The monoisotopic (exact) mass is 373 g/mol.